The minimum atomic E-state index is -3.18. The van der Waals surface area contributed by atoms with Crippen LogP contribution in [0.15, 0.2) is 0 Å². The fourth-order valence-electron chi connectivity index (χ4n) is 2.83. The molecule has 17 heavy (non-hydrogen) atoms. The molecule has 2 rings (SSSR count). The van der Waals surface area contributed by atoms with E-state index in [1.807, 2.05) is 0 Å². The van der Waals surface area contributed by atoms with Crippen molar-refractivity contribution < 1.29 is 13.2 Å². The normalized spacial score (nSPS) is 34.4. The number of nitrogens with zero attached hydrogens (tertiary/aromatic N) is 1. The maximum absolute atomic E-state index is 12.3. The van der Waals surface area contributed by atoms with Gasteiger partial charge in [-0.3, -0.25) is 0 Å². The number of nitriles is 1. The number of hydrogen-bond donors (Lipinski definition) is 0. The zero-order valence-corrected chi connectivity index (χ0v) is 10.8. The fourth-order valence-corrected chi connectivity index (χ4v) is 5.08. The Hall–Kier alpha value is -0.600. The molecular formula is C12H19NO3S. The van der Waals surface area contributed by atoms with Crippen molar-refractivity contribution in [1.29, 1.82) is 5.26 Å². The topological polar surface area (TPSA) is 67.2 Å². The van der Waals surface area contributed by atoms with Gasteiger partial charge >= 0.3 is 0 Å². The third-order valence-corrected chi connectivity index (χ3v) is 6.10. The van der Waals surface area contributed by atoms with Gasteiger partial charge in [-0.1, -0.05) is 12.8 Å². The number of ether oxygens (including phenoxy) is 1. The second kappa shape index (κ2) is 5.36. The molecule has 2 aliphatic rings. The summed E-state index contributed by atoms with van der Waals surface area (Å²) in [4.78, 5) is 0. The third-order valence-electron chi connectivity index (χ3n) is 3.77. The zero-order chi connectivity index (χ0) is 12.3. The van der Waals surface area contributed by atoms with Gasteiger partial charge in [0.25, 0.3) is 0 Å². The summed E-state index contributed by atoms with van der Waals surface area (Å²) in [6, 6.07) is 2.17. The molecule has 0 aromatic carbocycles. The second-order valence-electron chi connectivity index (χ2n) is 5.02. The van der Waals surface area contributed by atoms with Gasteiger partial charge < -0.3 is 4.74 Å². The molecule has 0 bridgehead atoms. The molecule has 4 nitrogen and oxygen atoms in total. The molecule has 0 N–H and O–H groups in total. The molecule has 0 aromatic rings. The predicted molar refractivity (Wildman–Crippen MR) is 64.1 cm³/mol. The lowest BCUT2D eigenvalue weighted by Crippen LogP contribution is -2.36. The summed E-state index contributed by atoms with van der Waals surface area (Å²) in [5.74, 6) is -0.203. The summed E-state index contributed by atoms with van der Waals surface area (Å²) in [7, 11) is -3.18. The number of sulfone groups is 1. The highest BCUT2D eigenvalue weighted by molar-refractivity contribution is 7.92. The van der Waals surface area contributed by atoms with Gasteiger partial charge in [-0.2, -0.15) is 5.26 Å². The maximum atomic E-state index is 12.3. The van der Waals surface area contributed by atoms with Gasteiger partial charge in [-0.15, -0.1) is 0 Å². The molecule has 3 unspecified atom stereocenters. The van der Waals surface area contributed by atoms with Gasteiger partial charge in [0.15, 0.2) is 9.84 Å². The lowest BCUT2D eigenvalue weighted by atomic mass is 9.90. The van der Waals surface area contributed by atoms with Gasteiger partial charge in [0.1, 0.15) is 0 Å². The molecule has 0 spiro atoms. The monoisotopic (exact) mass is 257 g/mol. The molecule has 1 saturated carbocycles. The van der Waals surface area contributed by atoms with Crippen LogP contribution in [0, 0.1) is 17.2 Å². The highest BCUT2D eigenvalue weighted by Crippen LogP contribution is 2.30. The Labute approximate surface area is 103 Å². The summed E-state index contributed by atoms with van der Waals surface area (Å²) in [5, 5.41) is 8.59. The van der Waals surface area contributed by atoms with Gasteiger partial charge in [0.05, 0.1) is 29.1 Å². The van der Waals surface area contributed by atoms with Crippen molar-refractivity contribution in [2.24, 2.45) is 5.92 Å². The summed E-state index contributed by atoms with van der Waals surface area (Å²) in [6.45, 7) is 0.673. The Bertz CT molecular complexity index is 392. The predicted octanol–water partition coefficient (Wildman–Crippen LogP) is 1.66. The Kier molecular flexibility index (Phi) is 4.05. The van der Waals surface area contributed by atoms with E-state index in [0.29, 0.717) is 13.0 Å². The van der Waals surface area contributed by atoms with Crippen LogP contribution in [-0.4, -0.2) is 32.1 Å². The van der Waals surface area contributed by atoms with Crippen LogP contribution in [0.25, 0.3) is 0 Å². The van der Waals surface area contributed by atoms with Crippen LogP contribution in [0.4, 0.5) is 0 Å². The van der Waals surface area contributed by atoms with E-state index in [0.717, 1.165) is 32.1 Å². The van der Waals surface area contributed by atoms with Gasteiger partial charge in [0, 0.05) is 6.61 Å². The van der Waals surface area contributed by atoms with Crippen LogP contribution in [-0.2, 0) is 14.6 Å². The minimum absolute atomic E-state index is 0.107. The lowest BCUT2D eigenvalue weighted by Gasteiger charge is -2.27. The van der Waals surface area contributed by atoms with E-state index in [1.54, 1.807) is 0 Å². The fraction of sp³-hybridized carbons (Fsp3) is 0.917. The Morgan fingerprint density at radius 1 is 1.18 bits per heavy atom. The molecule has 1 heterocycles. The van der Waals surface area contributed by atoms with E-state index < -0.39 is 15.1 Å². The average molecular weight is 257 g/mol. The Balaban J connectivity index is 2.05. The smallest absolute Gasteiger partial charge is 0.156 e. The molecule has 96 valence electrons. The van der Waals surface area contributed by atoms with Crippen LogP contribution >= 0.6 is 0 Å². The molecule has 1 aliphatic carbocycles. The SMILES string of the molecule is N#CC1CCCCC1S(=O)(=O)CC1CCCO1. The van der Waals surface area contributed by atoms with E-state index in [1.165, 1.54) is 0 Å². The van der Waals surface area contributed by atoms with E-state index >= 15 is 0 Å². The Morgan fingerprint density at radius 3 is 2.59 bits per heavy atom. The van der Waals surface area contributed by atoms with Crippen molar-refractivity contribution in [3.8, 4) is 6.07 Å². The number of hydrogen-bond acceptors (Lipinski definition) is 4. The molecule has 0 aromatic heterocycles. The first-order chi connectivity index (χ1) is 8.13. The van der Waals surface area contributed by atoms with Crippen molar-refractivity contribution in [2.45, 2.75) is 49.9 Å². The molecule has 0 radical (unpaired) electrons. The van der Waals surface area contributed by atoms with Gasteiger partial charge in [-0.25, -0.2) is 8.42 Å². The van der Waals surface area contributed by atoms with Crippen LogP contribution in [0.2, 0.25) is 0 Å². The zero-order valence-electron chi connectivity index (χ0n) is 9.97. The van der Waals surface area contributed by atoms with Crippen LogP contribution in [0.5, 0.6) is 0 Å². The summed E-state index contributed by atoms with van der Waals surface area (Å²) < 4.78 is 29.9. The number of rotatable bonds is 3. The Morgan fingerprint density at radius 2 is 1.94 bits per heavy atom. The van der Waals surface area contributed by atoms with Crippen molar-refractivity contribution in [3.63, 3.8) is 0 Å². The molecule has 1 saturated heterocycles. The molecule has 3 atom stereocenters. The highest BCUT2D eigenvalue weighted by atomic mass is 32.2. The largest absolute Gasteiger partial charge is 0.377 e. The van der Waals surface area contributed by atoms with E-state index in [4.69, 9.17) is 10.00 Å². The van der Waals surface area contributed by atoms with Crippen LogP contribution in [0.3, 0.4) is 0 Å². The summed E-state index contributed by atoms with van der Waals surface area (Å²) >= 11 is 0. The van der Waals surface area contributed by atoms with Gasteiger partial charge in [-0.05, 0) is 25.7 Å². The summed E-state index contributed by atoms with van der Waals surface area (Å²) in [6.07, 6.45) is 4.92. The van der Waals surface area contributed by atoms with Crippen molar-refractivity contribution >= 4 is 9.84 Å². The van der Waals surface area contributed by atoms with Crippen molar-refractivity contribution in [2.75, 3.05) is 12.4 Å². The van der Waals surface area contributed by atoms with E-state index in [2.05, 4.69) is 6.07 Å². The van der Waals surface area contributed by atoms with Crippen LogP contribution in [0.1, 0.15) is 38.5 Å². The first kappa shape index (κ1) is 12.8. The molecule has 1 aliphatic heterocycles. The third kappa shape index (κ3) is 2.99. The average Bonchev–Trinajstić information content (AvgIpc) is 2.81. The van der Waals surface area contributed by atoms with E-state index in [-0.39, 0.29) is 17.8 Å². The van der Waals surface area contributed by atoms with Crippen LogP contribution < -0.4 is 0 Å². The standard InChI is InChI=1S/C12H19NO3S/c13-8-10-4-1-2-6-12(10)17(14,15)9-11-5-3-7-16-11/h10-12H,1-7,9H2. The molecular weight excluding hydrogens is 238 g/mol. The highest BCUT2D eigenvalue weighted by Gasteiger charge is 2.37. The first-order valence-electron chi connectivity index (χ1n) is 6.36. The first-order valence-corrected chi connectivity index (χ1v) is 8.08. The maximum Gasteiger partial charge on any atom is 0.156 e. The second-order valence-corrected chi connectivity index (χ2v) is 7.29. The van der Waals surface area contributed by atoms with Gasteiger partial charge in [0.2, 0.25) is 0 Å². The van der Waals surface area contributed by atoms with E-state index in [9.17, 15) is 8.42 Å². The molecule has 2 fully saturated rings. The van der Waals surface area contributed by atoms with Crippen molar-refractivity contribution in [3.05, 3.63) is 0 Å². The minimum Gasteiger partial charge on any atom is -0.377 e. The molecule has 0 amide bonds. The lowest BCUT2D eigenvalue weighted by molar-refractivity contribution is 0.127. The quantitative estimate of drug-likeness (QED) is 0.771. The molecule has 5 heteroatoms. The van der Waals surface area contributed by atoms with Crippen molar-refractivity contribution in [1.82, 2.24) is 0 Å². The summed E-state index contributed by atoms with van der Waals surface area (Å²) in [5.41, 5.74) is 0.